The second-order valence-corrected chi connectivity index (χ2v) is 3.57. The van der Waals surface area contributed by atoms with Crippen molar-refractivity contribution in [2.45, 2.75) is 13.3 Å². The van der Waals surface area contributed by atoms with Crippen LogP contribution in [0.4, 0.5) is 0 Å². The first-order chi connectivity index (χ1) is 5.66. The highest BCUT2D eigenvalue weighted by atomic mass is 79.9. The molecule has 0 atom stereocenters. The lowest BCUT2D eigenvalue weighted by Gasteiger charge is -2.01. The van der Waals surface area contributed by atoms with E-state index in [1.165, 1.54) is 5.69 Å². The highest BCUT2D eigenvalue weighted by Crippen LogP contribution is 2.15. The fourth-order valence-corrected chi connectivity index (χ4v) is 1.53. The van der Waals surface area contributed by atoms with Gasteiger partial charge in [-0.15, -0.1) is 0 Å². The first kappa shape index (κ1) is 9.74. The number of hydrogen-bond donors (Lipinski definition) is 1. The molecule has 0 aliphatic carbocycles. The van der Waals surface area contributed by atoms with Crippen LogP contribution in [0.5, 0.6) is 0 Å². The molecule has 0 amide bonds. The molecule has 1 aromatic rings. The van der Waals surface area contributed by atoms with Gasteiger partial charge in [0.15, 0.2) is 0 Å². The molecule has 0 fully saturated rings. The third-order valence-corrected chi connectivity index (χ3v) is 2.77. The summed E-state index contributed by atoms with van der Waals surface area (Å²) < 4.78 is 3.07. The summed E-state index contributed by atoms with van der Waals surface area (Å²) in [4.78, 5) is 4.39. The van der Waals surface area contributed by atoms with E-state index in [0.29, 0.717) is 0 Å². The summed E-state index contributed by atoms with van der Waals surface area (Å²) in [6.07, 6.45) is 0.972. The summed E-state index contributed by atoms with van der Waals surface area (Å²) in [5, 5.41) is 3.10. The molecule has 12 heavy (non-hydrogen) atoms. The van der Waals surface area contributed by atoms with Gasteiger partial charge in [-0.25, -0.2) is 4.98 Å². The van der Waals surface area contributed by atoms with Crippen LogP contribution in [-0.2, 0) is 13.5 Å². The lowest BCUT2D eigenvalue weighted by Crippen LogP contribution is -2.13. The quantitative estimate of drug-likeness (QED) is 0.850. The van der Waals surface area contributed by atoms with Gasteiger partial charge in [-0.3, -0.25) is 0 Å². The molecular formula is C8H14BrN3. The minimum absolute atomic E-state index is 0.955. The van der Waals surface area contributed by atoms with E-state index in [1.54, 1.807) is 0 Å². The van der Waals surface area contributed by atoms with E-state index in [1.807, 2.05) is 14.1 Å². The molecule has 68 valence electrons. The number of nitrogens with one attached hydrogen (secondary N) is 1. The first-order valence-electron chi connectivity index (χ1n) is 3.99. The minimum atomic E-state index is 0.955. The number of halogens is 1. The van der Waals surface area contributed by atoms with Crippen LogP contribution < -0.4 is 5.32 Å². The Morgan fingerprint density at radius 3 is 2.67 bits per heavy atom. The Morgan fingerprint density at radius 1 is 1.58 bits per heavy atom. The Kier molecular flexibility index (Phi) is 3.29. The number of likely N-dealkylation sites (N-methyl/N-ethyl adjacent to an activating group) is 1. The van der Waals surface area contributed by atoms with Gasteiger partial charge in [0.2, 0.25) is 0 Å². The third kappa shape index (κ3) is 1.87. The monoisotopic (exact) mass is 231 g/mol. The average Bonchev–Trinajstić information content (AvgIpc) is 2.30. The van der Waals surface area contributed by atoms with Crippen molar-refractivity contribution < 1.29 is 0 Å². The number of nitrogens with zero attached hydrogens (tertiary/aromatic N) is 2. The van der Waals surface area contributed by atoms with Crippen molar-refractivity contribution in [1.29, 1.82) is 0 Å². The van der Waals surface area contributed by atoms with Crippen LogP contribution in [0.2, 0.25) is 0 Å². The zero-order valence-electron chi connectivity index (χ0n) is 7.69. The highest BCUT2D eigenvalue weighted by Gasteiger charge is 2.07. The number of aromatic nitrogens is 2. The molecule has 4 heteroatoms. The summed E-state index contributed by atoms with van der Waals surface area (Å²) in [5.74, 6) is 1.12. The molecule has 0 spiro atoms. The summed E-state index contributed by atoms with van der Waals surface area (Å²) in [5.41, 5.74) is 1.18. The molecule has 0 aromatic carbocycles. The van der Waals surface area contributed by atoms with Crippen molar-refractivity contribution in [1.82, 2.24) is 14.9 Å². The normalized spacial score (nSPS) is 10.7. The Balaban J connectivity index is 2.79. The second-order valence-electron chi connectivity index (χ2n) is 2.82. The fourth-order valence-electron chi connectivity index (χ4n) is 1.06. The molecule has 0 unspecified atom stereocenters. The molecule has 0 saturated carbocycles. The number of hydrogen-bond acceptors (Lipinski definition) is 2. The largest absolute Gasteiger partial charge is 0.334 e. The van der Waals surface area contributed by atoms with Gasteiger partial charge in [0.25, 0.3) is 0 Å². The maximum absolute atomic E-state index is 4.39. The molecule has 1 heterocycles. The second kappa shape index (κ2) is 4.05. The van der Waals surface area contributed by atoms with Crippen molar-refractivity contribution in [3.63, 3.8) is 0 Å². The smallest absolute Gasteiger partial charge is 0.127 e. The molecule has 0 radical (unpaired) electrons. The zero-order valence-corrected chi connectivity index (χ0v) is 9.27. The molecule has 0 aliphatic heterocycles. The fraction of sp³-hybridized carbons (Fsp3) is 0.625. The maximum Gasteiger partial charge on any atom is 0.127 e. The zero-order chi connectivity index (χ0) is 9.14. The van der Waals surface area contributed by atoms with Crippen LogP contribution in [0, 0.1) is 6.92 Å². The van der Waals surface area contributed by atoms with E-state index in [2.05, 4.69) is 37.7 Å². The predicted molar refractivity (Wildman–Crippen MR) is 53.3 cm³/mol. The van der Waals surface area contributed by atoms with Crippen LogP contribution in [0.1, 0.15) is 11.5 Å². The summed E-state index contributed by atoms with van der Waals surface area (Å²) >= 11 is 3.41. The van der Waals surface area contributed by atoms with Gasteiger partial charge in [-0.05, 0) is 29.9 Å². The van der Waals surface area contributed by atoms with E-state index in [4.69, 9.17) is 0 Å². The van der Waals surface area contributed by atoms with Gasteiger partial charge in [-0.2, -0.15) is 0 Å². The number of rotatable bonds is 3. The first-order valence-corrected chi connectivity index (χ1v) is 4.78. The Bertz CT molecular complexity index is 268. The lowest BCUT2D eigenvalue weighted by molar-refractivity contribution is 0.710. The van der Waals surface area contributed by atoms with Crippen LogP contribution in [0.25, 0.3) is 0 Å². The molecular weight excluding hydrogens is 218 g/mol. The van der Waals surface area contributed by atoms with Gasteiger partial charge in [0.05, 0.1) is 0 Å². The van der Waals surface area contributed by atoms with Crippen LogP contribution in [-0.4, -0.2) is 23.1 Å². The van der Waals surface area contributed by atoms with Crippen molar-refractivity contribution in [3.8, 4) is 0 Å². The summed E-state index contributed by atoms with van der Waals surface area (Å²) in [6, 6.07) is 0. The van der Waals surface area contributed by atoms with E-state index in [-0.39, 0.29) is 0 Å². The van der Waals surface area contributed by atoms with Crippen molar-refractivity contribution in [2.75, 3.05) is 13.6 Å². The van der Waals surface area contributed by atoms with E-state index >= 15 is 0 Å². The van der Waals surface area contributed by atoms with Crippen LogP contribution >= 0.6 is 15.9 Å². The Hall–Kier alpha value is -0.350. The van der Waals surface area contributed by atoms with Crippen molar-refractivity contribution in [3.05, 3.63) is 16.1 Å². The van der Waals surface area contributed by atoms with Gasteiger partial charge in [-0.1, -0.05) is 0 Å². The van der Waals surface area contributed by atoms with Gasteiger partial charge >= 0.3 is 0 Å². The standard InChI is InChI=1S/C8H14BrN3/c1-6-8(9)11-7(12(6)3)4-5-10-2/h10H,4-5H2,1-3H3. The van der Waals surface area contributed by atoms with E-state index < -0.39 is 0 Å². The van der Waals surface area contributed by atoms with E-state index in [0.717, 1.165) is 23.4 Å². The predicted octanol–water partition coefficient (Wildman–Crippen LogP) is 1.25. The molecule has 0 aliphatic rings. The molecule has 1 N–H and O–H groups in total. The Morgan fingerprint density at radius 2 is 2.25 bits per heavy atom. The maximum atomic E-state index is 4.39. The SMILES string of the molecule is CNCCc1nc(Br)c(C)n1C. The van der Waals surface area contributed by atoms with Gasteiger partial charge in [0, 0.05) is 25.7 Å². The summed E-state index contributed by atoms with van der Waals surface area (Å²) in [7, 11) is 3.99. The molecule has 0 saturated heterocycles. The Labute approximate surface area is 81.3 Å². The summed E-state index contributed by atoms with van der Waals surface area (Å²) in [6.45, 7) is 3.02. The molecule has 0 bridgehead atoms. The van der Waals surface area contributed by atoms with Crippen molar-refractivity contribution >= 4 is 15.9 Å². The van der Waals surface area contributed by atoms with Gasteiger partial charge in [0.1, 0.15) is 10.4 Å². The van der Waals surface area contributed by atoms with Gasteiger partial charge < -0.3 is 9.88 Å². The lowest BCUT2D eigenvalue weighted by atomic mass is 10.4. The van der Waals surface area contributed by atoms with Crippen molar-refractivity contribution in [2.24, 2.45) is 7.05 Å². The average molecular weight is 232 g/mol. The molecule has 1 aromatic heterocycles. The van der Waals surface area contributed by atoms with Crippen LogP contribution in [0.3, 0.4) is 0 Å². The number of imidazole rings is 1. The van der Waals surface area contributed by atoms with E-state index in [9.17, 15) is 0 Å². The van der Waals surface area contributed by atoms with Crippen LogP contribution in [0.15, 0.2) is 4.60 Å². The molecule has 3 nitrogen and oxygen atoms in total. The topological polar surface area (TPSA) is 29.9 Å². The highest BCUT2D eigenvalue weighted by molar-refractivity contribution is 9.10. The third-order valence-electron chi connectivity index (χ3n) is 2.01. The molecule has 1 rings (SSSR count). The minimum Gasteiger partial charge on any atom is -0.334 e.